The van der Waals surface area contributed by atoms with Crippen molar-refractivity contribution in [3.8, 4) is 0 Å². The highest BCUT2D eigenvalue weighted by molar-refractivity contribution is 5.78. The molecular formula is C10H17NO3. The van der Waals surface area contributed by atoms with Gasteiger partial charge in [-0.1, -0.05) is 6.92 Å². The molecule has 0 bridgehead atoms. The molecule has 0 aromatic rings. The quantitative estimate of drug-likeness (QED) is 0.724. The van der Waals surface area contributed by atoms with Gasteiger partial charge in [0.1, 0.15) is 0 Å². The third kappa shape index (κ3) is 2.25. The van der Waals surface area contributed by atoms with Crippen LogP contribution >= 0.6 is 0 Å². The maximum Gasteiger partial charge on any atom is 0.308 e. The van der Waals surface area contributed by atoms with Gasteiger partial charge in [-0.2, -0.15) is 0 Å². The molecule has 1 saturated heterocycles. The maximum absolute atomic E-state index is 11.5. The average Bonchev–Trinajstić information content (AvgIpc) is 2.17. The Morgan fingerprint density at radius 1 is 1.43 bits per heavy atom. The Kier molecular flexibility index (Phi) is 3.49. The predicted molar refractivity (Wildman–Crippen MR) is 51.8 cm³/mol. The van der Waals surface area contributed by atoms with Gasteiger partial charge in [0, 0.05) is 19.0 Å². The number of likely N-dealkylation sites (tertiary alicyclic amines) is 1. The molecule has 0 aliphatic carbocycles. The largest absolute Gasteiger partial charge is 0.481 e. The minimum absolute atomic E-state index is 0.0588. The van der Waals surface area contributed by atoms with Crippen LogP contribution in [0.2, 0.25) is 0 Å². The van der Waals surface area contributed by atoms with Gasteiger partial charge < -0.3 is 10.0 Å². The van der Waals surface area contributed by atoms with E-state index in [4.69, 9.17) is 5.11 Å². The van der Waals surface area contributed by atoms with E-state index in [1.807, 2.05) is 6.92 Å². The number of rotatable bonds is 2. The summed E-state index contributed by atoms with van der Waals surface area (Å²) in [6.45, 7) is 4.16. The van der Waals surface area contributed by atoms with Gasteiger partial charge in [0.15, 0.2) is 0 Å². The predicted octanol–water partition coefficient (Wildman–Crippen LogP) is 1.11. The standard InChI is InChI=1S/C10H17NO3/c1-3-9(12)11-6-8(10(13)14)5-4-7(11)2/h7-8H,3-6H2,1-2H3,(H,13,14)/t7-,8+/m0/s1. The second-order valence-electron chi connectivity index (χ2n) is 3.86. The van der Waals surface area contributed by atoms with E-state index in [-0.39, 0.29) is 17.9 Å². The third-order valence-corrected chi connectivity index (χ3v) is 2.85. The molecule has 4 heteroatoms. The lowest BCUT2D eigenvalue weighted by Crippen LogP contribution is -2.47. The zero-order valence-corrected chi connectivity index (χ0v) is 8.69. The van der Waals surface area contributed by atoms with Gasteiger partial charge in [0.25, 0.3) is 0 Å². The van der Waals surface area contributed by atoms with E-state index in [2.05, 4.69) is 0 Å². The molecule has 2 atom stereocenters. The van der Waals surface area contributed by atoms with E-state index in [0.717, 1.165) is 6.42 Å². The molecule has 1 amide bonds. The first-order valence-corrected chi connectivity index (χ1v) is 5.08. The number of nitrogens with zero attached hydrogens (tertiary/aromatic N) is 1. The Balaban J connectivity index is 2.64. The Morgan fingerprint density at radius 3 is 2.57 bits per heavy atom. The van der Waals surface area contributed by atoms with Crippen molar-refractivity contribution < 1.29 is 14.7 Å². The molecule has 1 rings (SSSR count). The number of piperidine rings is 1. The van der Waals surface area contributed by atoms with Crippen molar-refractivity contribution in [1.29, 1.82) is 0 Å². The van der Waals surface area contributed by atoms with Crippen LogP contribution in [-0.4, -0.2) is 34.5 Å². The molecule has 1 aliphatic rings. The zero-order chi connectivity index (χ0) is 10.7. The van der Waals surface area contributed by atoms with E-state index in [9.17, 15) is 9.59 Å². The Hall–Kier alpha value is -1.06. The van der Waals surface area contributed by atoms with E-state index >= 15 is 0 Å². The van der Waals surface area contributed by atoms with Gasteiger partial charge in [-0.3, -0.25) is 9.59 Å². The van der Waals surface area contributed by atoms with Gasteiger partial charge in [-0.05, 0) is 19.8 Å². The van der Waals surface area contributed by atoms with Crippen LogP contribution in [0.25, 0.3) is 0 Å². The lowest BCUT2D eigenvalue weighted by Gasteiger charge is -2.36. The van der Waals surface area contributed by atoms with Crippen molar-refractivity contribution in [2.24, 2.45) is 5.92 Å². The van der Waals surface area contributed by atoms with Gasteiger partial charge in [-0.15, -0.1) is 0 Å². The molecule has 1 heterocycles. The van der Waals surface area contributed by atoms with Crippen LogP contribution in [0.1, 0.15) is 33.1 Å². The molecule has 0 aromatic heterocycles. The summed E-state index contributed by atoms with van der Waals surface area (Å²) in [7, 11) is 0. The summed E-state index contributed by atoms with van der Waals surface area (Å²) in [6, 6.07) is 0.193. The lowest BCUT2D eigenvalue weighted by atomic mass is 9.93. The summed E-state index contributed by atoms with van der Waals surface area (Å²) >= 11 is 0. The minimum Gasteiger partial charge on any atom is -0.481 e. The Labute approximate surface area is 83.9 Å². The van der Waals surface area contributed by atoms with Crippen molar-refractivity contribution in [2.75, 3.05) is 6.54 Å². The number of hydrogen-bond acceptors (Lipinski definition) is 2. The topological polar surface area (TPSA) is 57.6 Å². The molecule has 1 fully saturated rings. The first-order valence-electron chi connectivity index (χ1n) is 5.08. The third-order valence-electron chi connectivity index (χ3n) is 2.85. The molecule has 0 unspecified atom stereocenters. The fraction of sp³-hybridized carbons (Fsp3) is 0.800. The SMILES string of the molecule is CCC(=O)N1C[C@H](C(=O)O)CC[C@@H]1C. The lowest BCUT2D eigenvalue weighted by molar-refractivity contribution is -0.147. The monoisotopic (exact) mass is 199 g/mol. The normalized spacial score (nSPS) is 27.4. The van der Waals surface area contributed by atoms with E-state index in [0.29, 0.717) is 19.4 Å². The average molecular weight is 199 g/mol. The van der Waals surface area contributed by atoms with Gasteiger partial charge >= 0.3 is 5.97 Å². The van der Waals surface area contributed by atoms with Crippen LogP contribution in [0.15, 0.2) is 0 Å². The first-order chi connectivity index (χ1) is 6.56. The number of carboxylic acids is 1. The highest BCUT2D eigenvalue weighted by atomic mass is 16.4. The molecular weight excluding hydrogens is 182 g/mol. The Morgan fingerprint density at radius 2 is 2.07 bits per heavy atom. The number of carbonyl (C=O) groups excluding carboxylic acids is 1. The smallest absolute Gasteiger partial charge is 0.308 e. The molecule has 0 radical (unpaired) electrons. The summed E-state index contributed by atoms with van der Waals surface area (Å²) in [5, 5.41) is 8.86. The van der Waals surface area contributed by atoms with Gasteiger partial charge in [0.2, 0.25) is 5.91 Å². The number of carbonyl (C=O) groups is 2. The van der Waals surface area contributed by atoms with E-state index in [1.54, 1.807) is 11.8 Å². The molecule has 14 heavy (non-hydrogen) atoms. The van der Waals surface area contributed by atoms with Crippen LogP contribution < -0.4 is 0 Å². The van der Waals surface area contributed by atoms with Gasteiger partial charge in [0.05, 0.1) is 5.92 Å². The molecule has 0 saturated carbocycles. The van der Waals surface area contributed by atoms with Crippen molar-refractivity contribution in [3.05, 3.63) is 0 Å². The second kappa shape index (κ2) is 4.44. The zero-order valence-electron chi connectivity index (χ0n) is 8.69. The number of hydrogen-bond donors (Lipinski definition) is 1. The summed E-state index contributed by atoms with van der Waals surface area (Å²) < 4.78 is 0. The summed E-state index contributed by atoms with van der Waals surface area (Å²) in [5.41, 5.74) is 0. The highest BCUT2D eigenvalue weighted by Crippen LogP contribution is 2.22. The minimum atomic E-state index is -0.786. The fourth-order valence-electron chi connectivity index (χ4n) is 1.86. The summed E-state index contributed by atoms with van der Waals surface area (Å²) in [6.07, 6.45) is 1.93. The highest BCUT2D eigenvalue weighted by Gasteiger charge is 2.31. The molecule has 4 nitrogen and oxygen atoms in total. The van der Waals surface area contributed by atoms with Crippen molar-refractivity contribution in [1.82, 2.24) is 4.90 Å². The fourth-order valence-corrected chi connectivity index (χ4v) is 1.86. The van der Waals surface area contributed by atoms with Crippen LogP contribution in [0.5, 0.6) is 0 Å². The molecule has 1 aliphatic heterocycles. The van der Waals surface area contributed by atoms with Crippen LogP contribution in [0.4, 0.5) is 0 Å². The van der Waals surface area contributed by atoms with E-state index < -0.39 is 5.97 Å². The first kappa shape index (κ1) is 11.0. The second-order valence-corrected chi connectivity index (χ2v) is 3.86. The van der Waals surface area contributed by atoms with Crippen molar-refractivity contribution in [2.45, 2.75) is 39.2 Å². The van der Waals surface area contributed by atoms with E-state index in [1.165, 1.54) is 0 Å². The molecule has 0 aromatic carbocycles. The van der Waals surface area contributed by atoms with Gasteiger partial charge in [-0.25, -0.2) is 0 Å². The molecule has 80 valence electrons. The molecule has 1 N–H and O–H groups in total. The van der Waals surface area contributed by atoms with Crippen LogP contribution in [-0.2, 0) is 9.59 Å². The summed E-state index contributed by atoms with van der Waals surface area (Å²) in [5.74, 6) is -1.10. The number of aliphatic carboxylic acids is 1. The van der Waals surface area contributed by atoms with Crippen molar-refractivity contribution in [3.63, 3.8) is 0 Å². The maximum atomic E-state index is 11.5. The Bertz CT molecular complexity index is 240. The van der Waals surface area contributed by atoms with Crippen LogP contribution in [0, 0.1) is 5.92 Å². The number of amides is 1. The summed E-state index contributed by atoms with van der Waals surface area (Å²) in [4.78, 5) is 24.0. The molecule has 0 spiro atoms. The number of carboxylic acid groups (broad SMARTS) is 1. The van der Waals surface area contributed by atoms with Crippen molar-refractivity contribution >= 4 is 11.9 Å². The van der Waals surface area contributed by atoms with Crippen LogP contribution in [0.3, 0.4) is 0 Å².